The van der Waals surface area contributed by atoms with Gasteiger partial charge in [-0.15, -0.1) is 0 Å². The maximum absolute atomic E-state index is 12.9. The average Bonchev–Trinajstić information content (AvgIpc) is 2.07. The highest BCUT2D eigenvalue weighted by Crippen LogP contribution is 2.34. The van der Waals surface area contributed by atoms with Crippen LogP contribution in [-0.4, -0.2) is 6.29 Å². The molecule has 0 aliphatic heterocycles. The van der Waals surface area contributed by atoms with E-state index < -0.39 is 28.1 Å². The zero-order valence-corrected chi connectivity index (χ0v) is 7.29. The number of aldehydes is 1. The highest BCUT2D eigenvalue weighted by molar-refractivity contribution is 6.31. The van der Waals surface area contributed by atoms with E-state index in [4.69, 9.17) is 11.6 Å². The molecule has 0 aliphatic carbocycles. The maximum Gasteiger partial charge on any atom is 0.417 e. The Bertz CT molecular complexity index is 372. The van der Waals surface area contributed by atoms with Crippen molar-refractivity contribution < 1.29 is 22.4 Å². The molecule has 0 saturated carbocycles. The van der Waals surface area contributed by atoms with E-state index in [9.17, 15) is 22.4 Å². The summed E-state index contributed by atoms with van der Waals surface area (Å²) < 4.78 is 49.5. The van der Waals surface area contributed by atoms with Crippen LogP contribution in [0.5, 0.6) is 0 Å². The van der Waals surface area contributed by atoms with E-state index in [0.717, 1.165) is 6.07 Å². The minimum atomic E-state index is -4.76. The quantitative estimate of drug-likeness (QED) is 0.530. The fourth-order valence-corrected chi connectivity index (χ4v) is 1.09. The van der Waals surface area contributed by atoms with Crippen molar-refractivity contribution in [3.05, 3.63) is 34.1 Å². The van der Waals surface area contributed by atoms with Crippen molar-refractivity contribution >= 4 is 17.9 Å². The van der Waals surface area contributed by atoms with Crippen LogP contribution >= 0.6 is 11.6 Å². The second-order valence-electron chi connectivity index (χ2n) is 2.44. The van der Waals surface area contributed by atoms with Crippen molar-refractivity contribution in [2.24, 2.45) is 0 Å². The molecule has 1 nitrogen and oxygen atoms in total. The summed E-state index contributed by atoms with van der Waals surface area (Å²) in [5.41, 5.74) is -2.39. The fourth-order valence-electron chi connectivity index (χ4n) is 0.929. The number of carbonyl (C=O) groups excluding carboxylic acids is 1. The molecular formula is C8H3ClF4O. The van der Waals surface area contributed by atoms with Crippen LogP contribution in [0.3, 0.4) is 0 Å². The lowest BCUT2D eigenvalue weighted by Crippen LogP contribution is -2.10. The van der Waals surface area contributed by atoms with Crippen LogP contribution in [0.4, 0.5) is 17.6 Å². The van der Waals surface area contributed by atoms with Crippen LogP contribution < -0.4 is 0 Å². The van der Waals surface area contributed by atoms with Crippen LogP contribution in [0.15, 0.2) is 12.1 Å². The Morgan fingerprint density at radius 1 is 1.29 bits per heavy atom. The van der Waals surface area contributed by atoms with E-state index in [-0.39, 0.29) is 6.29 Å². The van der Waals surface area contributed by atoms with Crippen LogP contribution in [0, 0.1) is 5.82 Å². The van der Waals surface area contributed by atoms with Crippen molar-refractivity contribution in [1.82, 2.24) is 0 Å². The molecule has 0 bridgehead atoms. The topological polar surface area (TPSA) is 17.1 Å². The Hall–Kier alpha value is -1.10. The van der Waals surface area contributed by atoms with Gasteiger partial charge in [0.1, 0.15) is 0 Å². The van der Waals surface area contributed by atoms with Crippen molar-refractivity contribution in [3.63, 3.8) is 0 Å². The fraction of sp³-hybridized carbons (Fsp3) is 0.125. The molecule has 0 atom stereocenters. The van der Waals surface area contributed by atoms with Crippen molar-refractivity contribution in [2.75, 3.05) is 0 Å². The van der Waals surface area contributed by atoms with Gasteiger partial charge in [-0.3, -0.25) is 4.79 Å². The molecule has 0 heterocycles. The molecule has 0 unspecified atom stereocenters. The van der Waals surface area contributed by atoms with Crippen LogP contribution in [-0.2, 0) is 6.18 Å². The number of hydrogen-bond acceptors (Lipinski definition) is 1. The van der Waals surface area contributed by atoms with Crippen LogP contribution in [0.1, 0.15) is 15.9 Å². The minimum absolute atomic E-state index is 0.204. The Morgan fingerprint density at radius 2 is 1.86 bits per heavy atom. The third kappa shape index (κ3) is 1.87. The molecule has 6 heteroatoms. The summed E-state index contributed by atoms with van der Waals surface area (Å²) in [6, 6.07) is 1.32. The molecule has 0 radical (unpaired) electrons. The number of rotatable bonds is 1. The third-order valence-electron chi connectivity index (χ3n) is 1.56. The predicted octanol–water partition coefficient (Wildman–Crippen LogP) is 3.31. The molecule has 0 amide bonds. The molecule has 0 spiro atoms. The SMILES string of the molecule is O=Cc1c(C(F)(F)F)ccc(Cl)c1F. The van der Waals surface area contributed by atoms with Gasteiger partial charge in [0.25, 0.3) is 0 Å². The Kier molecular flexibility index (Phi) is 2.80. The van der Waals surface area contributed by atoms with Gasteiger partial charge in [0.2, 0.25) is 0 Å². The summed E-state index contributed by atoms with van der Waals surface area (Å²) in [4.78, 5) is 10.2. The lowest BCUT2D eigenvalue weighted by molar-refractivity contribution is -0.138. The number of benzene rings is 1. The van der Waals surface area contributed by atoms with Gasteiger partial charge in [-0.25, -0.2) is 4.39 Å². The molecule has 0 fully saturated rings. The summed E-state index contributed by atoms with van der Waals surface area (Å²) in [5.74, 6) is -1.35. The summed E-state index contributed by atoms with van der Waals surface area (Å²) >= 11 is 5.21. The number of halogens is 5. The highest BCUT2D eigenvalue weighted by atomic mass is 35.5. The highest BCUT2D eigenvalue weighted by Gasteiger charge is 2.35. The normalized spacial score (nSPS) is 11.5. The van der Waals surface area contributed by atoms with Crippen molar-refractivity contribution in [1.29, 1.82) is 0 Å². The number of carbonyl (C=O) groups is 1. The van der Waals surface area contributed by atoms with Gasteiger partial charge in [-0.05, 0) is 12.1 Å². The summed E-state index contributed by atoms with van der Waals surface area (Å²) in [5, 5.41) is -0.514. The Balaban J connectivity index is 3.47. The summed E-state index contributed by atoms with van der Waals surface area (Å²) in [6.07, 6.45) is -4.97. The van der Waals surface area contributed by atoms with Crippen molar-refractivity contribution in [3.8, 4) is 0 Å². The monoisotopic (exact) mass is 226 g/mol. The van der Waals surface area contributed by atoms with E-state index in [1.807, 2.05) is 0 Å². The third-order valence-corrected chi connectivity index (χ3v) is 1.85. The molecule has 0 saturated heterocycles. The molecule has 0 N–H and O–H groups in total. The van der Waals surface area contributed by atoms with Crippen LogP contribution in [0.25, 0.3) is 0 Å². The molecule has 1 aromatic rings. The van der Waals surface area contributed by atoms with Gasteiger partial charge in [0.15, 0.2) is 12.1 Å². The van der Waals surface area contributed by atoms with Gasteiger partial charge in [-0.2, -0.15) is 13.2 Å². The first kappa shape index (κ1) is 11.0. The second-order valence-corrected chi connectivity index (χ2v) is 2.85. The summed E-state index contributed by atoms with van der Waals surface area (Å²) in [6.45, 7) is 0. The second kappa shape index (κ2) is 3.57. The van der Waals surface area contributed by atoms with Crippen molar-refractivity contribution in [2.45, 2.75) is 6.18 Å². The maximum atomic E-state index is 12.9. The Labute approximate surface area is 81.3 Å². The first-order valence-corrected chi connectivity index (χ1v) is 3.76. The molecule has 1 aromatic carbocycles. The zero-order chi connectivity index (χ0) is 10.9. The van der Waals surface area contributed by atoms with E-state index >= 15 is 0 Å². The van der Waals surface area contributed by atoms with Gasteiger partial charge in [-0.1, -0.05) is 11.6 Å². The predicted molar refractivity (Wildman–Crippen MR) is 41.8 cm³/mol. The largest absolute Gasteiger partial charge is 0.417 e. The standard InChI is InChI=1S/C8H3ClF4O/c9-6-2-1-5(8(11,12)13)4(3-14)7(6)10/h1-3H. The number of hydrogen-bond donors (Lipinski definition) is 0. The smallest absolute Gasteiger partial charge is 0.298 e. The summed E-state index contributed by atoms with van der Waals surface area (Å²) in [7, 11) is 0. The lowest BCUT2D eigenvalue weighted by Gasteiger charge is -2.09. The Morgan fingerprint density at radius 3 is 2.29 bits per heavy atom. The van der Waals surface area contributed by atoms with Crippen LogP contribution in [0.2, 0.25) is 5.02 Å². The van der Waals surface area contributed by atoms with E-state index in [1.54, 1.807) is 0 Å². The van der Waals surface area contributed by atoms with E-state index in [0.29, 0.717) is 6.07 Å². The van der Waals surface area contributed by atoms with Gasteiger partial charge in [0.05, 0.1) is 16.1 Å². The van der Waals surface area contributed by atoms with E-state index in [1.165, 1.54) is 0 Å². The zero-order valence-electron chi connectivity index (χ0n) is 6.53. The first-order valence-electron chi connectivity index (χ1n) is 3.38. The van der Waals surface area contributed by atoms with Gasteiger partial charge < -0.3 is 0 Å². The molecule has 0 aromatic heterocycles. The van der Waals surface area contributed by atoms with E-state index in [2.05, 4.69) is 0 Å². The molecular weight excluding hydrogens is 224 g/mol. The molecule has 14 heavy (non-hydrogen) atoms. The molecule has 0 aliphatic rings. The molecule has 76 valence electrons. The van der Waals surface area contributed by atoms with Gasteiger partial charge in [0, 0.05) is 0 Å². The lowest BCUT2D eigenvalue weighted by atomic mass is 10.1. The minimum Gasteiger partial charge on any atom is -0.298 e. The van der Waals surface area contributed by atoms with Gasteiger partial charge >= 0.3 is 6.18 Å². The first-order chi connectivity index (χ1) is 6.38. The number of alkyl halides is 3. The molecule has 1 rings (SSSR count). The average molecular weight is 227 g/mol.